The SMILES string of the molecule is Cc1nn(-c2nc3c(cc2CN)CCC3)c(C)c1C. The summed E-state index contributed by atoms with van der Waals surface area (Å²) >= 11 is 0. The van der Waals surface area contributed by atoms with Crippen LogP contribution in [0.25, 0.3) is 5.82 Å². The highest BCUT2D eigenvalue weighted by atomic mass is 15.3. The van der Waals surface area contributed by atoms with E-state index in [4.69, 9.17) is 10.7 Å². The average Bonchev–Trinajstić information content (AvgIpc) is 2.97. The van der Waals surface area contributed by atoms with Crippen LogP contribution < -0.4 is 5.73 Å². The molecule has 0 spiro atoms. The Morgan fingerprint density at radius 1 is 1.26 bits per heavy atom. The van der Waals surface area contributed by atoms with Gasteiger partial charge in [-0.05, 0) is 57.2 Å². The number of pyridine rings is 1. The van der Waals surface area contributed by atoms with E-state index in [9.17, 15) is 0 Å². The zero-order valence-corrected chi connectivity index (χ0v) is 11.8. The highest BCUT2D eigenvalue weighted by molar-refractivity contribution is 5.43. The standard InChI is InChI=1S/C15H20N4/c1-9-10(2)18-19(11(9)3)15-13(8-16)7-12-5-4-6-14(12)17-15/h7H,4-6,8,16H2,1-3H3. The Morgan fingerprint density at radius 2 is 2.05 bits per heavy atom. The lowest BCUT2D eigenvalue weighted by Gasteiger charge is -2.11. The van der Waals surface area contributed by atoms with Crippen LogP contribution in [0.15, 0.2) is 6.07 Å². The van der Waals surface area contributed by atoms with Crippen molar-refractivity contribution < 1.29 is 0 Å². The summed E-state index contributed by atoms with van der Waals surface area (Å²) in [5.74, 6) is 0.914. The van der Waals surface area contributed by atoms with Crippen LogP contribution >= 0.6 is 0 Å². The normalized spacial score (nSPS) is 13.9. The van der Waals surface area contributed by atoms with Gasteiger partial charge in [0, 0.05) is 23.5 Å². The first-order valence-electron chi connectivity index (χ1n) is 6.86. The van der Waals surface area contributed by atoms with E-state index in [0.29, 0.717) is 6.54 Å². The molecule has 2 heterocycles. The molecule has 2 aromatic heterocycles. The van der Waals surface area contributed by atoms with Crippen LogP contribution in [0.5, 0.6) is 0 Å². The van der Waals surface area contributed by atoms with Gasteiger partial charge in [0.25, 0.3) is 0 Å². The van der Waals surface area contributed by atoms with Crippen LogP contribution in [0.2, 0.25) is 0 Å². The van der Waals surface area contributed by atoms with Gasteiger partial charge in [-0.2, -0.15) is 5.10 Å². The number of hydrogen-bond acceptors (Lipinski definition) is 3. The molecule has 0 atom stereocenters. The number of nitrogens with zero attached hydrogens (tertiary/aromatic N) is 3. The van der Waals surface area contributed by atoms with Crippen molar-refractivity contribution in [2.75, 3.05) is 0 Å². The van der Waals surface area contributed by atoms with E-state index in [-0.39, 0.29) is 0 Å². The fourth-order valence-electron chi connectivity index (χ4n) is 2.77. The van der Waals surface area contributed by atoms with Crippen LogP contribution in [0.3, 0.4) is 0 Å². The molecule has 0 bridgehead atoms. The predicted molar refractivity (Wildman–Crippen MR) is 75.5 cm³/mol. The van der Waals surface area contributed by atoms with Crippen molar-refractivity contribution in [3.05, 3.63) is 39.8 Å². The molecule has 2 aromatic rings. The van der Waals surface area contributed by atoms with Crippen molar-refractivity contribution in [2.24, 2.45) is 5.73 Å². The number of aromatic nitrogens is 3. The lowest BCUT2D eigenvalue weighted by Crippen LogP contribution is -2.11. The average molecular weight is 256 g/mol. The zero-order valence-electron chi connectivity index (χ0n) is 11.8. The van der Waals surface area contributed by atoms with E-state index in [1.165, 1.54) is 23.2 Å². The largest absolute Gasteiger partial charge is 0.326 e. The number of nitrogens with two attached hydrogens (primary N) is 1. The molecular weight excluding hydrogens is 236 g/mol. The molecule has 0 aliphatic heterocycles. The van der Waals surface area contributed by atoms with E-state index in [1.54, 1.807) is 0 Å². The molecule has 0 aromatic carbocycles. The fourth-order valence-corrected chi connectivity index (χ4v) is 2.77. The van der Waals surface area contributed by atoms with Gasteiger partial charge in [-0.25, -0.2) is 9.67 Å². The maximum absolute atomic E-state index is 5.90. The quantitative estimate of drug-likeness (QED) is 0.895. The number of rotatable bonds is 2. The van der Waals surface area contributed by atoms with E-state index < -0.39 is 0 Å². The molecule has 0 saturated heterocycles. The minimum absolute atomic E-state index is 0.507. The van der Waals surface area contributed by atoms with E-state index in [1.807, 2.05) is 11.6 Å². The Labute approximate surface area is 113 Å². The van der Waals surface area contributed by atoms with E-state index in [0.717, 1.165) is 35.6 Å². The molecule has 0 amide bonds. The molecule has 1 aliphatic carbocycles. The summed E-state index contributed by atoms with van der Waals surface area (Å²) in [6, 6.07) is 2.22. The molecule has 4 heteroatoms. The second-order valence-corrected chi connectivity index (χ2v) is 5.34. The van der Waals surface area contributed by atoms with Crippen LogP contribution in [-0.4, -0.2) is 14.8 Å². The number of fused-ring (bicyclic) bond motifs is 1. The van der Waals surface area contributed by atoms with Gasteiger partial charge in [-0.15, -0.1) is 0 Å². The lowest BCUT2D eigenvalue weighted by atomic mass is 10.1. The minimum Gasteiger partial charge on any atom is -0.326 e. The summed E-state index contributed by atoms with van der Waals surface area (Å²) in [6.07, 6.45) is 3.41. The van der Waals surface area contributed by atoms with Crippen molar-refractivity contribution >= 4 is 0 Å². The summed E-state index contributed by atoms with van der Waals surface area (Å²) in [5, 5.41) is 4.61. The van der Waals surface area contributed by atoms with Crippen LogP contribution in [0.4, 0.5) is 0 Å². The highest BCUT2D eigenvalue weighted by Crippen LogP contribution is 2.26. The number of hydrogen-bond donors (Lipinski definition) is 1. The van der Waals surface area contributed by atoms with Crippen molar-refractivity contribution in [1.82, 2.24) is 14.8 Å². The maximum Gasteiger partial charge on any atom is 0.158 e. The van der Waals surface area contributed by atoms with Gasteiger partial charge in [0.2, 0.25) is 0 Å². The first-order valence-corrected chi connectivity index (χ1v) is 6.86. The van der Waals surface area contributed by atoms with Crippen LogP contribution in [0, 0.1) is 20.8 Å². The Morgan fingerprint density at radius 3 is 2.68 bits per heavy atom. The third-order valence-corrected chi connectivity index (χ3v) is 4.18. The Balaban J connectivity index is 2.21. The Kier molecular flexibility index (Phi) is 2.90. The van der Waals surface area contributed by atoms with Gasteiger partial charge in [0.15, 0.2) is 5.82 Å². The van der Waals surface area contributed by atoms with Crippen molar-refractivity contribution in [3.8, 4) is 5.82 Å². The monoisotopic (exact) mass is 256 g/mol. The summed E-state index contributed by atoms with van der Waals surface area (Å²) in [5.41, 5.74) is 13.0. The minimum atomic E-state index is 0.507. The highest BCUT2D eigenvalue weighted by Gasteiger charge is 2.19. The van der Waals surface area contributed by atoms with Gasteiger partial charge in [-0.3, -0.25) is 0 Å². The van der Waals surface area contributed by atoms with E-state index >= 15 is 0 Å². The lowest BCUT2D eigenvalue weighted by molar-refractivity contribution is 0.779. The molecule has 19 heavy (non-hydrogen) atoms. The molecule has 100 valence electrons. The van der Waals surface area contributed by atoms with Gasteiger partial charge < -0.3 is 5.73 Å². The van der Waals surface area contributed by atoms with Gasteiger partial charge in [0.05, 0.1) is 5.69 Å². The van der Waals surface area contributed by atoms with Gasteiger partial charge in [-0.1, -0.05) is 0 Å². The molecule has 0 unspecified atom stereocenters. The molecule has 0 radical (unpaired) electrons. The molecule has 1 aliphatic rings. The second kappa shape index (κ2) is 4.46. The molecule has 2 N–H and O–H groups in total. The summed E-state index contributed by atoms with van der Waals surface area (Å²) in [4.78, 5) is 4.83. The van der Waals surface area contributed by atoms with Crippen molar-refractivity contribution in [3.63, 3.8) is 0 Å². The Hall–Kier alpha value is -1.68. The Bertz CT molecular complexity index is 640. The topological polar surface area (TPSA) is 56.7 Å². The first-order chi connectivity index (χ1) is 9.11. The summed E-state index contributed by atoms with van der Waals surface area (Å²) in [7, 11) is 0. The molecule has 0 saturated carbocycles. The van der Waals surface area contributed by atoms with Crippen LogP contribution in [-0.2, 0) is 19.4 Å². The third kappa shape index (κ3) is 1.87. The van der Waals surface area contributed by atoms with E-state index in [2.05, 4.69) is 25.0 Å². The van der Waals surface area contributed by atoms with Crippen molar-refractivity contribution in [1.29, 1.82) is 0 Å². The molecule has 3 rings (SSSR count). The molecule has 0 fully saturated rings. The first kappa shape index (κ1) is 12.4. The second-order valence-electron chi connectivity index (χ2n) is 5.34. The number of aryl methyl sites for hydroxylation is 3. The molecular formula is C15H20N4. The van der Waals surface area contributed by atoms with Gasteiger partial charge >= 0.3 is 0 Å². The van der Waals surface area contributed by atoms with Crippen LogP contribution in [0.1, 0.15) is 40.2 Å². The van der Waals surface area contributed by atoms with Gasteiger partial charge in [0.1, 0.15) is 0 Å². The fraction of sp³-hybridized carbons (Fsp3) is 0.467. The van der Waals surface area contributed by atoms with Crippen molar-refractivity contribution in [2.45, 2.75) is 46.6 Å². The third-order valence-electron chi connectivity index (χ3n) is 4.18. The maximum atomic E-state index is 5.90. The smallest absolute Gasteiger partial charge is 0.158 e. The zero-order chi connectivity index (χ0) is 13.6. The summed E-state index contributed by atoms with van der Waals surface area (Å²) < 4.78 is 1.95. The molecule has 4 nitrogen and oxygen atoms in total. The predicted octanol–water partition coefficient (Wildman–Crippen LogP) is 2.14. The summed E-state index contributed by atoms with van der Waals surface area (Å²) in [6.45, 7) is 6.73.